The number of allylic oxidation sites excluding steroid dienone is 1. The summed E-state index contributed by atoms with van der Waals surface area (Å²) in [6.07, 6.45) is 3.35. The second-order valence-corrected chi connectivity index (χ2v) is 6.30. The number of rotatable bonds is 3. The smallest absolute Gasteiger partial charge is 0.248 e. The van der Waals surface area contributed by atoms with Crippen LogP contribution in [0.3, 0.4) is 0 Å². The van der Waals surface area contributed by atoms with Gasteiger partial charge < -0.3 is 11.1 Å². The van der Waals surface area contributed by atoms with Crippen molar-refractivity contribution in [1.82, 2.24) is 19.7 Å². The fourth-order valence-electron chi connectivity index (χ4n) is 3.08. The zero-order valence-electron chi connectivity index (χ0n) is 13.8. The topological polar surface area (TPSA) is 98.7 Å². The van der Waals surface area contributed by atoms with Crippen LogP contribution in [-0.4, -0.2) is 25.7 Å². The Kier molecular flexibility index (Phi) is 3.93. The van der Waals surface area contributed by atoms with Gasteiger partial charge in [0.15, 0.2) is 5.82 Å². The van der Waals surface area contributed by atoms with E-state index in [-0.39, 0.29) is 0 Å². The first-order chi connectivity index (χ1) is 12.6. The number of benzene rings is 1. The number of anilines is 1. The normalized spacial score (nSPS) is 16.2. The maximum atomic E-state index is 12.2. The van der Waals surface area contributed by atoms with E-state index in [9.17, 15) is 4.79 Å². The lowest BCUT2D eigenvalue weighted by molar-refractivity contribution is -0.115. The molecule has 1 aromatic carbocycles. The third-order valence-corrected chi connectivity index (χ3v) is 4.60. The lowest BCUT2D eigenvalue weighted by Crippen LogP contribution is -2.32. The van der Waals surface area contributed by atoms with Gasteiger partial charge in [-0.25, -0.2) is 4.68 Å². The number of aromatic nitrogens is 4. The standard InChI is InChI=1S/C18H15ClN6O/c1-10-14(16(20)26)15(12-4-2-3-5-13(12)19)25-18(22-10)23-17(24-25)11-6-8-21-9-7-11/h2-9,15H,1H3,(H2,20,26)(H,22,23,24). The highest BCUT2D eigenvalue weighted by molar-refractivity contribution is 6.31. The number of pyridine rings is 1. The van der Waals surface area contributed by atoms with E-state index in [4.69, 9.17) is 17.3 Å². The van der Waals surface area contributed by atoms with Crippen LogP contribution in [0.15, 0.2) is 60.1 Å². The minimum atomic E-state index is -0.555. The number of nitrogens with one attached hydrogen (secondary N) is 1. The van der Waals surface area contributed by atoms with Crippen LogP contribution in [0.1, 0.15) is 18.5 Å². The van der Waals surface area contributed by atoms with E-state index in [0.717, 1.165) is 11.1 Å². The number of hydrogen-bond acceptors (Lipinski definition) is 5. The number of halogens is 1. The zero-order chi connectivity index (χ0) is 18.3. The monoisotopic (exact) mass is 366 g/mol. The molecule has 3 N–H and O–H groups in total. The van der Waals surface area contributed by atoms with Crippen molar-refractivity contribution in [3.05, 3.63) is 70.6 Å². The van der Waals surface area contributed by atoms with Gasteiger partial charge in [-0.1, -0.05) is 29.8 Å². The van der Waals surface area contributed by atoms with Crippen LogP contribution in [0.2, 0.25) is 5.02 Å². The van der Waals surface area contributed by atoms with Gasteiger partial charge in [0.25, 0.3) is 0 Å². The quantitative estimate of drug-likeness (QED) is 0.742. The number of carbonyl (C=O) groups excluding carboxylic acids is 1. The Morgan fingerprint density at radius 1 is 1.23 bits per heavy atom. The van der Waals surface area contributed by atoms with Crippen molar-refractivity contribution in [3.8, 4) is 11.4 Å². The molecule has 26 heavy (non-hydrogen) atoms. The highest BCUT2D eigenvalue weighted by atomic mass is 35.5. The molecule has 0 spiro atoms. The molecule has 130 valence electrons. The molecule has 0 saturated heterocycles. The third-order valence-electron chi connectivity index (χ3n) is 4.26. The fourth-order valence-corrected chi connectivity index (χ4v) is 3.32. The molecule has 3 aromatic rings. The first kappa shape index (κ1) is 16.3. The Hall–Kier alpha value is -3.19. The van der Waals surface area contributed by atoms with Gasteiger partial charge >= 0.3 is 0 Å². The Morgan fingerprint density at radius 2 is 1.96 bits per heavy atom. The number of amides is 1. The van der Waals surface area contributed by atoms with E-state index in [2.05, 4.69) is 20.4 Å². The van der Waals surface area contributed by atoms with Crippen LogP contribution in [0, 0.1) is 0 Å². The van der Waals surface area contributed by atoms with E-state index in [1.54, 1.807) is 30.1 Å². The molecule has 0 fully saturated rings. The Morgan fingerprint density at radius 3 is 2.65 bits per heavy atom. The summed E-state index contributed by atoms with van der Waals surface area (Å²) in [5.74, 6) is 0.501. The highest BCUT2D eigenvalue weighted by Gasteiger charge is 2.34. The molecule has 1 unspecified atom stereocenters. The van der Waals surface area contributed by atoms with Crippen LogP contribution in [0.4, 0.5) is 5.95 Å². The number of nitrogens with zero attached hydrogens (tertiary/aromatic N) is 4. The first-order valence-electron chi connectivity index (χ1n) is 7.95. The lowest BCUT2D eigenvalue weighted by atomic mass is 9.95. The van der Waals surface area contributed by atoms with Crippen molar-refractivity contribution in [2.75, 3.05) is 5.32 Å². The molecule has 3 heterocycles. The van der Waals surface area contributed by atoms with Crippen molar-refractivity contribution in [2.45, 2.75) is 13.0 Å². The molecule has 0 bridgehead atoms. The predicted octanol–water partition coefficient (Wildman–Crippen LogP) is 2.77. The zero-order valence-corrected chi connectivity index (χ0v) is 14.6. The van der Waals surface area contributed by atoms with E-state index in [0.29, 0.717) is 28.1 Å². The first-order valence-corrected chi connectivity index (χ1v) is 8.33. The van der Waals surface area contributed by atoms with Crippen molar-refractivity contribution >= 4 is 23.5 Å². The van der Waals surface area contributed by atoms with E-state index in [1.807, 2.05) is 30.3 Å². The van der Waals surface area contributed by atoms with Gasteiger partial charge in [-0.2, -0.15) is 4.98 Å². The van der Waals surface area contributed by atoms with Crippen molar-refractivity contribution in [3.63, 3.8) is 0 Å². The molecular formula is C18H15ClN6O. The van der Waals surface area contributed by atoms with Gasteiger partial charge in [-0.05, 0) is 25.1 Å². The van der Waals surface area contributed by atoms with E-state index in [1.165, 1.54) is 0 Å². The molecule has 2 aromatic heterocycles. The second kappa shape index (κ2) is 6.27. The number of carbonyl (C=O) groups is 1. The summed E-state index contributed by atoms with van der Waals surface area (Å²) in [4.78, 5) is 20.7. The van der Waals surface area contributed by atoms with Crippen LogP contribution in [0.25, 0.3) is 11.4 Å². The molecule has 0 radical (unpaired) electrons. The molecule has 1 atom stereocenters. The predicted molar refractivity (Wildman–Crippen MR) is 98.4 cm³/mol. The minimum Gasteiger partial charge on any atom is -0.366 e. The van der Waals surface area contributed by atoms with Crippen molar-refractivity contribution < 1.29 is 4.79 Å². The largest absolute Gasteiger partial charge is 0.366 e. The van der Waals surface area contributed by atoms with Crippen molar-refractivity contribution in [2.24, 2.45) is 5.73 Å². The Balaban J connectivity index is 1.92. The molecule has 1 aliphatic rings. The molecule has 1 aliphatic heterocycles. The van der Waals surface area contributed by atoms with Crippen molar-refractivity contribution in [1.29, 1.82) is 0 Å². The average molecular weight is 367 g/mol. The van der Waals surface area contributed by atoms with Crippen LogP contribution >= 0.6 is 11.6 Å². The number of fused-ring (bicyclic) bond motifs is 1. The van der Waals surface area contributed by atoms with Gasteiger partial charge in [0.1, 0.15) is 6.04 Å². The van der Waals surface area contributed by atoms with Gasteiger partial charge in [0, 0.05) is 34.2 Å². The number of primary amides is 1. The Bertz CT molecular complexity index is 1030. The molecule has 0 aliphatic carbocycles. The SMILES string of the molecule is CC1=C(C(N)=O)C(c2ccccc2Cl)n2nc(-c3ccncc3)nc2N1. The molecule has 4 rings (SSSR count). The Labute approximate surface area is 154 Å². The molecule has 0 saturated carbocycles. The fraction of sp³-hybridized carbons (Fsp3) is 0.111. The van der Waals surface area contributed by atoms with Crippen LogP contribution in [0.5, 0.6) is 0 Å². The third kappa shape index (κ3) is 2.62. The number of nitrogens with two attached hydrogens (primary N) is 1. The van der Waals surface area contributed by atoms with Crippen LogP contribution < -0.4 is 11.1 Å². The summed E-state index contributed by atoms with van der Waals surface area (Å²) in [6, 6.07) is 10.4. The van der Waals surface area contributed by atoms with E-state index >= 15 is 0 Å². The van der Waals surface area contributed by atoms with Gasteiger partial charge in [0.05, 0.1) is 5.57 Å². The van der Waals surface area contributed by atoms with Crippen LogP contribution in [-0.2, 0) is 4.79 Å². The molecule has 1 amide bonds. The second-order valence-electron chi connectivity index (χ2n) is 5.89. The van der Waals surface area contributed by atoms with Gasteiger partial charge in [0.2, 0.25) is 11.9 Å². The lowest BCUT2D eigenvalue weighted by Gasteiger charge is -2.28. The maximum absolute atomic E-state index is 12.2. The molecule has 7 nitrogen and oxygen atoms in total. The summed E-state index contributed by atoms with van der Waals surface area (Å²) < 4.78 is 1.64. The van der Waals surface area contributed by atoms with Gasteiger partial charge in [-0.15, -0.1) is 5.10 Å². The summed E-state index contributed by atoms with van der Waals surface area (Å²) in [6.45, 7) is 1.79. The highest BCUT2D eigenvalue weighted by Crippen LogP contribution is 2.38. The number of hydrogen-bond donors (Lipinski definition) is 2. The molecular weight excluding hydrogens is 352 g/mol. The summed E-state index contributed by atoms with van der Waals surface area (Å²) in [5.41, 5.74) is 8.24. The van der Waals surface area contributed by atoms with Gasteiger partial charge in [-0.3, -0.25) is 9.78 Å². The average Bonchev–Trinajstić information content (AvgIpc) is 3.05. The summed E-state index contributed by atoms with van der Waals surface area (Å²) in [5, 5.41) is 8.24. The maximum Gasteiger partial charge on any atom is 0.248 e. The summed E-state index contributed by atoms with van der Waals surface area (Å²) >= 11 is 6.40. The summed E-state index contributed by atoms with van der Waals surface area (Å²) in [7, 11) is 0. The van der Waals surface area contributed by atoms with E-state index < -0.39 is 11.9 Å². The molecule has 8 heteroatoms. The minimum absolute atomic E-state index is 0.400.